The molecule has 1 aliphatic heterocycles. The van der Waals surface area contributed by atoms with Crippen molar-refractivity contribution in [1.29, 1.82) is 0 Å². The van der Waals surface area contributed by atoms with Crippen LogP contribution < -0.4 is 25.0 Å². The number of nitrogens with one attached hydrogen (secondary N) is 3. The topological polar surface area (TPSA) is 126 Å². The van der Waals surface area contributed by atoms with E-state index in [4.69, 9.17) is 4.74 Å². The summed E-state index contributed by atoms with van der Waals surface area (Å²) in [6.45, 7) is 3.67. The van der Waals surface area contributed by atoms with Gasteiger partial charge in [-0.15, -0.1) is 23.2 Å². The number of benzene rings is 3. The van der Waals surface area contributed by atoms with Crippen molar-refractivity contribution < 1.29 is 28.1 Å². The Hall–Kier alpha value is -3.06. The second kappa shape index (κ2) is 16.1. The Morgan fingerprint density at radius 3 is 2.56 bits per heavy atom. The zero-order chi connectivity index (χ0) is 30.1. The average Bonchev–Trinajstić information content (AvgIpc) is 2.96. The highest BCUT2D eigenvalue weighted by molar-refractivity contribution is 8.25. The van der Waals surface area contributed by atoms with Crippen molar-refractivity contribution in [3.05, 3.63) is 89.2 Å². The minimum atomic E-state index is -2.99. The van der Waals surface area contributed by atoms with Gasteiger partial charge in [0.15, 0.2) is 0 Å². The molecule has 0 aromatic heterocycles. The Kier molecular flexibility index (Phi) is 12.9. The molecule has 1 heterocycles. The van der Waals surface area contributed by atoms with Crippen LogP contribution in [0.4, 0.5) is 15.8 Å². The van der Waals surface area contributed by atoms with Gasteiger partial charge in [-0.05, 0) is 79.8 Å². The van der Waals surface area contributed by atoms with Crippen molar-refractivity contribution in [1.82, 2.24) is 10.6 Å². The van der Waals surface area contributed by atoms with Crippen molar-refractivity contribution in [3.63, 3.8) is 0 Å². The van der Waals surface area contributed by atoms with Gasteiger partial charge in [-0.3, -0.25) is 18.2 Å². The first-order valence-electron chi connectivity index (χ1n) is 14.2. The normalized spacial score (nSPS) is 16.4. The predicted octanol–water partition coefficient (Wildman–Crippen LogP) is 5.45. The summed E-state index contributed by atoms with van der Waals surface area (Å²) in [5, 5.41) is 20.6. The number of hydrogen-bond donors (Lipinski definition) is 6. The lowest BCUT2D eigenvalue weighted by Gasteiger charge is -2.47. The van der Waals surface area contributed by atoms with E-state index in [0.717, 1.165) is 24.2 Å². The first-order chi connectivity index (χ1) is 20.2. The van der Waals surface area contributed by atoms with Crippen molar-refractivity contribution >= 4 is 40.5 Å². The second-order valence-electron chi connectivity index (χ2n) is 10.4. The van der Waals surface area contributed by atoms with Crippen LogP contribution in [-0.2, 0) is 13.0 Å². The van der Waals surface area contributed by atoms with Crippen molar-refractivity contribution in [2.75, 3.05) is 42.1 Å². The summed E-state index contributed by atoms with van der Waals surface area (Å²) in [5.74, 6) is 0.186. The number of carbonyl (C=O) groups excluding carboxylic acids is 1. The summed E-state index contributed by atoms with van der Waals surface area (Å²) in [5.41, 5.74) is 3.13. The van der Waals surface area contributed by atoms with Crippen LogP contribution in [-0.4, -0.2) is 64.8 Å². The molecule has 6 N–H and O–H groups in total. The minimum absolute atomic E-state index is 0. The van der Waals surface area contributed by atoms with Crippen LogP contribution >= 0.6 is 23.2 Å². The summed E-state index contributed by atoms with van der Waals surface area (Å²) in [4.78, 5) is 13.6. The highest BCUT2D eigenvalue weighted by atomic mass is 35.5. The van der Waals surface area contributed by atoms with Gasteiger partial charge < -0.3 is 25.8 Å². The van der Waals surface area contributed by atoms with Crippen LogP contribution in [0.3, 0.4) is 0 Å². The van der Waals surface area contributed by atoms with Crippen LogP contribution in [0, 0.1) is 5.82 Å². The molecule has 0 spiro atoms. The highest BCUT2D eigenvalue weighted by Crippen LogP contribution is 2.50. The van der Waals surface area contributed by atoms with Crippen LogP contribution in [0.15, 0.2) is 66.7 Å². The number of anilines is 2. The monoisotopic (exact) mass is 636 g/mol. The lowest BCUT2D eigenvalue weighted by Crippen LogP contribution is -2.48. The van der Waals surface area contributed by atoms with E-state index in [9.17, 15) is 23.4 Å². The molecule has 2 atom stereocenters. The van der Waals surface area contributed by atoms with E-state index in [1.807, 2.05) is 31.2 Å². The van der Waals surface area contributed by atoms with Crippen LogP contribution in [0.1, 0.15) is 41.3 Å². The molecule has 3 aromatic carbocycles. The third-order valence-corrected chi connectivity index (χ3v) is 9.11. The van der Waals surface area contributed by atoms with E-state index in [2.05, 4.69) is 16.0 Å². The van der Waals surface area contributed by atoms with E-state index < -0.39 is 34.6 Å². The molecule has 236 valence electrons. The van der Waals surface area contributed by atoms with Gasteiger partial charge in [-0.25, -0.2) is 4.39 Å². The van der Waals surface area contributed by atoms with Crippen LogP contribution in [0.25, 0.3) is 0 Å². The molecule has 1 aliphatic rings. The molecule has 1 amide bonds. The summed E-state index contributed by atoms with van der Waals surface area (Å²) in [6, 6.07) is 18.1. The Balaban J connectivity index is 0.00000506. The van der Waals surface area contributed by atoms with Gasteiger partial charge in [0.1, 0.15) is 11.6 Å². The number of methoxy groups -OCH3 is 1. The third-order valence-electron chi connectivity index (χ3n) is 7.17. The summed E-state index contributed by atoms with van der Waals surface area (Å²) >= 11 is 0. The van der Waals surface area contributed by atoms with Gasteiger partial charge in [0.05, 0.1) is 30.7 Å². The largest absolute Gasteiger partial charge is 0.497 e. The number of ether oxygens (including phenoxy) is 1. The van der Waals surface area contributed by atoms with E-state index >= 15 is 0 Å². The maximum absolute atomic E-state index is 14.0. The maximum atomic E-state index is 14.0. The fraction of sp³-hybridized carbons (Fsp3) is 0.387. The smallest absolute Gasteiger partial charge is 0.251 e. The third kappa shape index (κ3) is 9.72. The van der Waals surface area contributed by atoms with E-state index in [-0.39, 0.29) is 31.1 Å². The van der Waals surface area contributed by atoms with Gasteiger partial charge in [0.2, 0.25) is 0 Å². The van der Waals surface area contributed by atoms with Gasteiger partial charge in [-0.2, -0.15) is 0 Å². The van der Waals surface area contributed by atoms with Crippen molar-refractivity contribution in [3.8, 4) is 5.75 Å². The quantitative estimate of drug-likeness (QED) is 0.146. The van der Waals surface area contributed by atoms with E-state index in [1.165, 1.54) is 12.1 Å². The van der Waals surface area contributed by atoms with E-state index in [0.29, 0.717) is 42.1 Å². The first kappa shape index (κ1) is 34.4. The summed E-state index contributed by atoms with van der Waals surface area (Å²) in [7, 11) is -1.39. The van der Waals surface area contributed by atoms with E-state index in [1.54, 1.807) is 41.7 Å². The number of rotatable bonds is 13. The molecule has 3 aromatic rings. The highest BCUT2D eigenvalue weighted by Gasteiger charge is 2.28. The number of aliphatic hydroxyl groups is 1. The fourth-order valence-corrected chi connectivity index (χ4v) is 6.72. The van der Waals surface area contributed by atoms with Gasteiger partial charge >= 0.3 is 0 Å². The van der Waals surface area contributed by atoms with Crippen LogP contribution in [0.2, 0.25) is 0 Å². The number of hydrogen-bond acceptors (Lipinski definition) is 8. The van der Waals surface area contributed by atoms with Gasteiger partial charge in [0.25, 0.3) is 5.91 Å². The molecule has 1 saturated heterocycles. The molecule has 0 aliphatic carbocycles. The van der Waals surface area contributed by atoms with Gasteiger partial charge in [-0.1, -0.05) is 24.3 Å². The number of halogens is 2. The first-order valence-corrected chi connectivity index (χ1v) is 15.9. The number of nitrogens with zero attached hydrogens (tertiary/aromatic N) is 1. The number of amides is 1. The zero-order valence-electron chi connectivity index (χ0n) is 24.5. The SMILES string of the molecule is CCNc1cc(C(=O)N[C@@H](Cc2cccc(F)c2)[C@H](O)CNCc2cccc(OC)c2)cc(N2CCCCS2(O)O)c1.Cl. The molecule has 12 heteroatoms. The summed E-state index contributed by atoms with van der Waals surface area (Å²) in [6.07, 6.45) is 0.754. The van der Waals surface area contributed by atoms with Crippen molar-refractivity contribution in [2.45, 2.75) is 44.9 Å². The Labute approximate surface area is 260 Å². The molecular formula is C31H42ClFN4O5S. The van der Waals surface area contributed by atoms with Gasteiger partial charge in [0, 0.05) is 37.4 Å². The van der Waals surface area contributed by atoms with Crippen LogP contribution in [0.5, 0.6) is 5.75 Å². The molecule has 0 saturated carbocycles. The molecule has 0 radical (unpaired) electrons. The molecule has 0 unspecified atom stereocenters. The Morgan fingerprint density at radius 2 is 1.84 bits per heavy atom. The van der Waals surface area contributed by atoms with Crippen molar-refractivity contribution in [2.24, 2.45) is 0 Å². The fourth-order valence-electron chi connectivity index (χ4n) is 5.04. The molecule has 9 nitrogen and oxygen atoms in total. The number of carbonyl (C=O) groups is 1. The standard InChI is InChI=1S/C31H41FN4O5S.ClH/c1-3-34-26-17-24(18-27(19-26)36-12-4-5-13-42(36,39)40)31(38)35-29(16-22-8-6-10-25(32)14-22)30(37)21-33-20-23-9-7-11-28(15-23)41-2;/h6-11,14-15,17-19,29-30,33-34,37,39-40H,3-5,12-13,16,20-21H2,1-2H3,(H,35,38);1H/t29-,30+;/m0./s1. The lowest BCUT2D eigenvalue weighted by molar-refractivity contribution is 0.0830. The molecule has 4 rings (SSSR count). The molecule has 0 bridgehead atoms. The maximum Gasteiger partial charge on any atom is 0.251 e. The molecular weight excluding hydrogens is 595 g/mol. The number of aliphatic hydroxyl groups excluding tert-OH is 1. The minimum Gasteiger partial charge on any atom is -0.497 e. The predicted molar refractivity (Wildman–Crippen MR) is 174 cm³/mol. The Morgan fingerprint density at radius 1 is 1.07 bits per heavy atom. The molecule has 43 heavy (non-hydrogen) atoms. The second-order valence-corrected chi connectivity index (χ2v) is 12.5. The lowest BCUT2D eigenvalue weighted by atomic mass is 10.00. The molecule has 1 fully saturated rings. The summed E-state index contributed by atoms with van der Waals surface area (Å²) < 4.78 is 42.2. The Bertz CT molecular complexity index is 1350. The zero-order valence-corrected chi connectivity index (χ0v) is 26.1. The average molecular weight is 637 g/mol.